The topological polar surface area (TPSA) is 110 Å². The summed E-state index contributed by atoms with van der Waals surface area (Å²) in [6.07, 6.45) is 3.09. The molecular formula is C36H34F2N3O6PS. The molecule has 2 N–H and O–H groups in total. The number of anilines is 1. The number of furan rings is 1. The van der Waals surface area contributed by atoms with Gasteiger partial charge < -0.3 is 32.6 Å². The van der Waals surface area contributed by atoms with Gasteiger partial charge in [-0.15, -0.1) is 0 Å². The van der Waals surface area contributed by atoms with E-state index in [1.54, 1.807) is 30.3 Å². The minimum Gasteiger partial charge on any atom is -0.496 e. The molecule has 49 heavy (non-hydrogen) atoms. The van der Waals surface area contributed by atoms with Crippen LogP contribution in [0.25, 0.3) is 56.0 Å². The molecule has 0 aliphatic rings. The van der Waals surface area contributed by atoms with Crippen LogP contribution in [0.1, 0.15) is 23.7 Å². The number of nitrogens with zero attached hydrogens (tertiary/aromatic N) is 2. The SMILES string of the molecule is CCOP(O)CCCN(SC)c1cc2oc(-c3ccc(F)cc3)c(C(=O)NC)c2cc1-c1ccc(OC)c(-c2nc3c(F)cccc3o2)c1. The maximum absolute atomic E-state index is 14.6. The number of nitrogens with one attached hydrogen (secondary N) is 1. The number of rotatable bonds is 13. The van der Waals surface area contributed by atoms with Gasteiger partial charge in [-0.3, -0.25) is 4.79 Å². The Morgan fingerprint density at radius 2 is 1.80 bits per heavy atom. The highest BCUT2D eigenvalue weighted by Crippen LogP contribution is 2.44. The second-order valence-corrected chi connectivity index (χ2v) is 13.1. The first kappa shape index (κ1) is 34.4. The van der Waals surface area contributed by atoms with Gasteiger partial charge in [0.1, 0.15) is 28.4 Å². The fraction of sp³-hybridized carbons (Fsp3) is 0.222. The van der Waals surface area contributed by atoms with Crippen molar-refractivity contribution in [1.82, 2.24) is 10.3 Å². The minimum absolute atomic E-state index is 0.110. The number of carbonyl (C=O) groups is 1. The number of fused-ring (bicyclic) bond motifs is 2. The first-order valence-corrected chi connectivity index (χ1v) is 18.1. The van der Waals surface area contributed by atoms with E-state index in [9.17, 15) is 18.5 Å². The predicted molar refractivity (Wildman–Crippen MR) is 191 cm³/mol. The summed E-state index contributed by atoms with van der Waals surface area (Å²) >= 11 is 1.50. The summed E-state index contributed by atoms with van der Waals surface area (Å²) in [6, 6.07) is 19.6. The second kappa shape index (κ2) is 15.0. The van der Waals surface area contributed by atoms with Crippen molar-refractivity contribution in [3.63, 3.8) is 0 Å². The molecule has 0 spiro atoms. The molecule has 9 nitrogen and oxygen atoms in total. The van der Waals surface area contributed by atoms with Crippen LogP contribution in [0.3, 0.4) is 0 Å². The maximum Gasteiger partial charge on any atom is 0.255 e. The Hall–Kier alpha value is -4.48. The van der Waals surface area contributed by atoms with Crippen molar-refractivity contribution in [2.45, 2.75) is 13.3 Å². The normalized spacial score (nSPS) is 12.1. The Morgan fingerprint density at radius 3 is 2.49 bits per heavy atom. The molecule has 2 heterocycles. The van der Waals surface area contributed by atoms with Crippen molar-refractivity contribution in [3.8, 4) is 39.7 Å². The van der Waals surface area contributed by atoms with E-state index in [4.69, 9.17) is 18.1 Å². The van der Waals surface area contributed by atoms with E-state index in [1.165, 1.54) is 44.3 Å². The third kappa shape index (κ3) is 7.00. The first-order chi connectivity index (χ1) is 23.8. The number of oxazole rings is 1. The fourth-order valence-corrected chi connectivity index (χ4v) is 7.17. The van der Waals surface area contributed by atoms with Crippen LogP contribution in [0.4, 0.5) is 14.5 Å². The highest BCUT2D eigenvalue weighted by atomic mass is 32.2. The molecule has 0 saturated heterocycles. The standard InChI is InChI=1S/C36H34F2N3O6PS/c1-5-45-48(43)17-7-16-41(49-4)28-20-31-25(32(35(42)39-2)34(46-31)21-10-13-23(37)14-11-21)19-24(28)22-12-15-29(44-3)26(18-22)36-40-33-27(38)8-6-9-30(33)47-36/h6,8-15,18-20,43H,5,7,16-17H2,1-4H3,(H,39,42). The largest absolute Gasteiger partial charge is 0.496 e. The van der Waals surface area contributed by atoms with Crippen LogP contribution < -0.4 is 14.4 Å². The number of amides is 1. The second-order valence-electron chi connectivity index (χ2n) is 10.9. The summed E-state index contributed by atoms with van der Waals surface area (Å²) < 4.78 is 54.0. The van der Waals surface area contributed by atoms with E-state index in [1.807, 2.05) is 37.4 Å². The minimum atomic E-state index is -1.53. The van der Waals surface area contributed by atoms with Gasteiger partial charge in [-0.2, -0.15) is 0 Å². The van der Waals surface area contributed by atoms with E-state index < -0.39 is 20.0 Å². The molecule has 0 bridgehead atoms. The first-order valence-electron chi connectivity index (χ1n) is 15.5. The molecule has 0 saturated carbocycles. The van der Waals surface area contributed by atoms with Gasteiger partial charge in [0.25, 0.3) is 5.91 Å². The molecule has 4 aromatic carbocycles. The van der Waals surface area contributed by atoms with E-state index in [-0.39, 0.29) is 17.3 Å². The molecule has 6 rings (SSSR count). The fourth-order valence-electron chi connectivity index (χ4n) is 5.67. The molecule has 6 aromatic rings. The van der Waals surface area contributed by atoms with Gasteiger partial charge in [-0.05, 0) is 73.5 Å². The number of para-hydroxylation sites is 1. The third-order valence-electron chi connectivity index (χ3n) is 7.96. The number of hydrogen-bond donors (Lipinski definition) is 2. The van der Waals surface area contributed by atoms with Crippen molar-refractivity contribution in [2.24, 2.45) is 0 Å². The molecular weight excluding hydrogens is 671 g/mol. The van der Waals surface area contributed by atoms with Gasteiger partial charge in [0.05, 0.1) is 30.5 Å². The highest BCUT2D eigenvalue weighted by Gasteiger charge is 2.26. The van der Waals surface area contributed by atoms with Gasteiger partial charge >= 0.3 is 0 Å². The molecule has 0 aliphatic heterocycles. The molecule has 0 fully saturated rings. The van der Waals surface area contributed by atoms with Crippen molar-refractivity contribution in [1.29, 1.82) is 0 Å². The molecule has 0 radical (unpaired) electrons. The molecule has 1 unspecified atom stereocenters. The summed E-state index contributed by atoms with van der Waals surface area (Å²) in [5.74, 6) is -0.312. The Kier molecular flexibility index (Phi) is 10.5. The van der Waals surface area contributed by atoms with E-state index in [0.717, 1.165) is 16.8 Å². The van der Waals surface area contributed by atoms with Crippen LogP contribution in [-0.4, -0.2) is 55.5 Å². The van der Waals surface area contributed by atoms with Gasteiger partial charge in [-0.1, -0.05) is 24.1 Å². The lowest BCUT2D eigenvalue weighted by atomic mass is 9.96. The molecule has 2 aromatic heterocycles. The smallest absolute Gasteiger partial charge is 0.255 e. The summed E-state index contributed by atoms with van der Waals surface area (Å²) in [4.78, 5) is 28.1. The lowest BCUT2D eigenvalue weighted by Gasteiger charge is -2.25. The van der Waals surface area contributed by atoms with Gasteiger partial charge in [-0.25, -0.2) is 13.8 Å². The molecule has 13 heteroatoms. The average Bonchev–Trinajstić information content (AvgIpc) is 3.72. The van der Waals surface area contributed by atoms with Gasteiger partial charge in [0.15, 0.2) is 19.8 Å². The predicted octanol–water partition coefficient (Wildman–Crippen LogP) is 9.04. The summed E-state index contributed by atoms with van der Waals surface area (Å²) in [7, 11) is 1.54. The molecule has 1 amide bonds. The lowest BCUT2D eigenvalue weighted by molar-refractivity contribution is 0.0964. The summed E-state index contributed by atoms with van der Waals surface area (Å²) in [5, 5.41) is 3.26. The van der Waals surface area contributed by atoms with Crippen molar-refractivity contribution in [2.75, 3.05) is 44.0 Å². The van der Waals surface area contributed by atoms with Crippen LogP contribution in [0, 0.1) is 11.6 Å². The number of carbonyl (C=O) groups excluding carboxylic acids is 1. The Labute approximate surface area is 287 Å². The quantitative estimate of drug-likeness (QED) is 0.0899. The number of benzene rings is 4. The van der Waals surface area contributed by atoms with Gasteiger partial charge in [0.2, 0.25) is 5.89 Å². The number of aromatic nitrogens is 1. The summed E-state index contributed by atoms with van der Waals surface area (Å²) in [5.41, 5.74) is 4.49. The van der Waals surface area contributed by atoms with Crippen molar-refractivity contribution < 1.29 is 36.6 Å². The summed E-state index contributed by atoms with van der Waals surface area (Å²) in [6.45, 7) is 2.84. The maximum atomic E-state index is 14.6. The zero-order chi connectivity index (χ0) is 34.7. The molecule has 1 atom stereocenters. The van der Waals surface area contributed by atoms with Crippen LogP contribution in [0.5, 0.6) is 5.75 Å². The zero-order valence-corrected chi connectivity index (χ0v) is 29.0. The van der Waals surface area contributed by atoms with Gasteiger partial charge in [0, 0.05) is 48.6 Å². The number of halogens is 2. The van der Waals surface area contributed by atoms with Crippen LogP contribution in [-0.2, 0) is 4.52 Å². The Balaban J connectivity index is 1.56. The van der Waals surface area contributed by atoms with Crippen molar-refractivity contribution >= 4 is 54.0 Å². The van der Waals surface area contributed by atoms with Crippen LogP contribution in [0.2, 0.25) is 0 Å². The number of ether oxygens (including phenoxy) is 1. The lowest BCUT2D eigenvalue weighted by Crippen LogP contribution is -2.18. The van der Waals surface area contributed by atoms with E-state index in [2.05, 4.69) is 14.6 Å². The van der Waals surface area contributed by atoms with E-state index >= 15 is 0 Å². The van der Waals surface area contributed by atoms with E-state index in [0.29, 0.717) is 70.5 Å². The number of methoxy groups -OCH3 is 1. The van der Waals surface area contributed by atoms with Crippen LogP contribution >= 0.6 is 20.3 Å². The molecule has 0 aliphatic carbocycles. The van der Waals surface area contributed by atoms with Crippen LogP contribution in [0.15, 0.2) is 81.6 Å². The highest BCUT2D eigenvalue weighted by molar-refractivity contribution is 8.00. The molecule has 254 valence electrons. The van der Waals surface area contributed by atoms with Crippen molar-refractivity contribution in [3.05, 3.63) is 90.0 Å². The average molecular weight is 706 g/mol. The third-order valence-corrected chi connectivity index (χ3v) is 10.0. The zero-order valence-electron chi connectivity index (χ0n) is 27.3. The Bertz CT molecular complexity index is 2120. The number of hydrogen-bond acceptors (Lipinski definition) is 9. The monoisotopic (exact) mass is 705 g/mol. The Morgan fingerprint density at radius 1 is 1.02 bits per heavy atom.